The van der Waals surface area contributed by atoms with E-state index in [2.05, 4.69) is 22.7 Å². The zero-order chi connectivity index (χ0) is 16.4. The molecule has 122 valence electrons. The van der Waals surface area contributed by atoms with Crippen LogP contribution in [0.15, 0.2) is 53.6 Å². The molecule has 1 aliphatic carbocycles. The van der Waals surface area contributed by atoms with Crippen LogP contribution in [0.5, 0.6) is 11.5 Å². The van der Waals surface area contributed by atoms with Crippen molar-refractivity contribution in [3.63, 3.8) is 0 Å². The van der Waals surface area contributed by atoms with Crippen molar-refractivity contribution >= 4 is 12.1 Å². The van der Waals surface area contributed by atoms with Crippen molar-refractivity contribution in [2.24, 2.45) is 11.0 Å². The third kappa shape index (κ3) is 3.11. The Morgan fingerprint density at radius 3 is 2.71 bits per heavy atom. The van der Waals surface area contributed by atoms with Crippen LogP contribution in [-0.4, -0.2) is 25.3 Å². The van der Waals surface area contributed by atoms with Crippen LogP contribution in [0.2, 0.25) is 0 Å². The summed E-state index contributed by atoms with van der Waals surface area (Å²) in [5, 5.41) is 4.06. The van der Waals surface area contributed by atoms with Gasteiger partial charge in [-0.1, -0.05) is 30.3 Å². The Bertz CT molecular complexity index is 773. The summed E-state index contributed by atoms with van der Waals surface area (Å²) in [4.78, 5) is 12.1. The number of nitrogens with one attached hydrogen (secondary N) is 1. The van der Waals surface area contributed by atoms with E-state index in [4.69, 9.17) is 9.47 Å². The fraction of sp³-hybridized carbons (Fsp3) is 0.263. The summed E-state index contributed by atoms with van der Waals surface area (Å²) in [7, 11) is 0. The van der Waals surface area contributed by atoms with Gasteiger partial charge in [-0.3, -0.25) is 4.79 Å². The number of ether oxygens (including phenoxy) is 2. The molecular weight excluding hydrogens is 304 g/mol. The van der Waals surface area contributed by atoms with E-state index in [0.717, 1.165) is 17.7 Å². The van der Waals surface area contributed by atoms with Gasteiger partial charge in [0.1, 0.15) is 13.2 Å². The number of hydrazone groups is 1. The van der Waals surface area contributed by atoms with Gasteiger partial charge in [0.25, 0.3) is 0 Å². The van der Waals surface area contributed by atoms with Crippen LogP contribution in [0.4, 0.5) is 0 Å². The molecule has 1 fully saturated rings. The quantitative estimate of drug-likeness (QED) is 0.695. The molecule has 5 heteroatoms. The van der Waals surface area contributed by atoms with Crippen LogP contribution in [0.3, 0.4) is 0 Å². The molecule has 1 N–H and O–H groups in total. The van der Waals surface area contributed by atoms with Gasteiger partial charge in [-0.15, -0.1) is 0 Å². The van der Waals surface area contributed by atoms with Crippen molar-refractivity contribution < 1.29 is 14.3 Å². The monoisotopic (exact) mass is 322 g/mol. The number of carbonyl (C=O) groups excluding carboxylic acids is 1. The minimum Gasteiger partial charge on any atom is -0.486 e. The number of hydrogen-bond donors (Lipinski definition) is 1. The molecule has 4 rings (SSSR count). The summed E-state index contributed by atoms with van der Waals surface area (Å²) in [5.74, 6) is 1.76. The first kappa shape index (κ1) is 14.8. The maximum Gasteiger partial charge on any atom is 0.243 e. The second-order valence-corrected chi connectivity index (χ2v) is 6.00. The van der Waals surface area contributed by atoms with Crippen LogP contribution in [0.1, 0.15) is 23.5 Å². The number of fused-ring (bicyclic) bond motifs is 1. The van der Waals surface area contributed by atoms with Crippen molar-refractivity contribution in [2.45, 2.75) is 12.3 Å². The van der Waals surface area contributed by atoms with E-state index in [-0.39, 0.29) is 11.8 Å². The average molecular weight is 322 g/mol. The molecule has 0 bridgehead atoms. The van der Waals surface area contributed by atoms with Gasteiger partial charge in [-0.2, -0.15) is 5.10 Å². The molecule has 0 aromatic heterocycles. The van der Waals surface area contributed by atoms with Crippen LogP contribution in [0.25, 0.3) is 0 Å². The van der Waals surface area contributed by atoms with Gasteiger partial charge in [0.2, 0.25) is 5.91 Å². The third-order valence-corrected chi connectivity index (χ3v) is 4.31. The topological polar surface area (TPSA) is 59.9 Å². The predicted molar refractivity (Wildman–Crippen MR) is 90.5 cm³/mol. The van der Waals surface area contributed by atoms with Gasteiger partial charge in [-0.25, -0.2) is 5.43 Å². The average Bonchev–Trinajstić information content (AvgIpc) is 3.43. The number of nitrogens with zero attached hydrogens (tertiary/aromatic N) is 1. The van der Waals surface area contributed by atoms with Crippen molar-refractivity contribution in [3.05, 3.63) is 59.7 Å². The van der Waals surface area contributed by atoms with Crippen LogP contribution >= 0.6 is 0 Å². The highest BCUT2D eigenvalue weighted by atomic mass is 16.6. The molecule has 0 spiro atoms. The molecule has 1 heterocycles. The lowest BCUT2D eigenvalue weighted by Crippen LogP contribution is -2.20. The lowest BCUT2D eigenvalue weighted by atomic mass is 10.1. The Morgan fingerprint density at radius 1 is 1.08 bits per heavy atom. The van der Waals surface area contributed by atoms with E-state index in [9.17, 15) is 4.79 Å². The molecule has 0 unspecified atom stereocenters. The van der Waals surface area contributed by atoms with Crippen molar-refractivity contribution in [1.82, 2.24) is 5.43 Å². The van der Waals surface area contributed by atoms with E-state index < -0.39 is 0 Å². The van der Waals surface area contributed by atoms with Crippen LogP contribution < -0.4 is 14.9 Å². The van der Waals surface area contributed by atoms with E-state index in [1.165, 1.54) is 5.56 Å². The van der Waals surface area contributed by atoms with Gasteiger partial charge >= 0.3 is 0 Å². The Labute approximate surface area is 140 Å². The zero-order valence-electron chi connectivity index (χ0n) is 13.1. The number of amides is 1. The first-order chi connectivity index (χ1) is 11.8. The molecule has 1 aliphatic heterocycles. The van der Waals surface area contributed by atoms with E-state index >= 15 is 0 Å². The van der Waals surface area contributed by atoms with Gasteiger partial charge in [0, 0.05) is 5.92 Å². The van der Waals surface area contributed by atoms with Crippen molar-refractivity contribution in [1.29, 1.82) is 0 Å². The van der Waals surface area contributed by atoms with Crippen LogP contribution in [-0.2, 0) is 4.79 Å². The highest BCUT2D eigenvalue weighted by Gasteiger charge is 2.43. The Balaban J connectivity index is 1.34. The Kier molecular flexibility index (Phi) is 3.91. The first-order valence-corrected chi connectivity index (χ1v) is 8.09. The summed E-state index contributed by atoms with van der Waals surface area (Å²) in [6.45, 7) is 1.12. The molecule has 0 saturated heterocycles. The molecule has 2 aromatic rings. The van der Waals surface area contributed by atoms with Gasteiger partial charge in [0.15, 0.2) is 11.5 Å². The minimum absolute atomic E-state index is 0.0183. The second kappa shape index (κ2) is 6.35. The molecule has 0 radical (unpaired) electrons. The Morgan fingerprint density at radius 2 is 1.88 bits per heavy atom. The molecule has 1 saturated carbocycles. The van der Waals surface area contributed by atoms with Gasteiger partial charge < -0.3 is 9.47 Å². The molecule has 2 atom stereocenters. The normalized spacial score (nSPS) is 21.5. The number of carbonyl (C=O) groups is 1. The highest BCUT2D eigenvalue weighted by molar-refractivity contribution is 5.86. The fourth-order valence-corrected chi connectivity index (χ4v) is 2.95. The number of hydrogen-bond acceptors (Lipinski definition) is 4. The summed E-state index contributed by atoms with van der Waals surface area (Å²) in [6.07, 6.45) is 2.51. The minimum atomic E-state index is -0.0300. The summed E-state index contributed by atoms with van der Waals surface area (Å²) in [6, 6.07) is 15.7. The lowest BCUT2D eigenvalue weighted by molar-refractivity contribution is -0.122. The van der Waals surface area contributed by atoms with Gasteiger partial charge in [0.05, 0.1) is 6.21 Å². The van der Waals surface area contributed by atoms with Crippen molar-refractivity contribution in [3.8, 4) is 11.5 Å². The highest BCUT2D eigenvalue weighted by Crippen LogP contribution is 2.47. The van der Waals surface area contributed by atoms with Crippen LogP contribution in [0, 0.1) is 5.92 Å². The van der Waals surface area contributed by atoms with Crippen molar-refractivity contribution in [2.75, 3.05) is 13.2 Å². The molecule has 24 heavy (non-hydrogen) atoms. The summed E-state index contributed by atoms with van der Waals surface area (Å²) >= 11 is 0. The van der Waals surface area contributed by atoms with E-state index in [1.807, 2.05) is 36.4 Å². The standard InChI is InChI=1S/C19H18N2O3/c22-19(16-11-15(16)14-4-2-1-3-5-14)21-20-12-13-6-7-17-18(10-13)24-9-8-23-17/h1-7,10,12,15-16H,8-9,11H2,(H,21,22)/b20-12+/t15-,16+/m1/s1. The maximum absolute atomic E-state index is 12.1. The molecule has 1 amide bonds. The summed E-state index contributed by atoms with van der Waals surface area (Å²) < 4.78 is 11.0. The zero-order valence-corrected chi connectivity index (χ0v) is 13.1. The molecule has 2 aliphatic rings. The third-order valence-electron chi connectivity index (χ3n) is 4.31. The molecule has 2 aromatic carbocycles. The van der Waals surface area contributed by atoms with E-state index in [0.29, 0.717) is 24.9 Å². The number of benzene rings is 2. The number of rotatable bonds is 4. The smallest absolute Gasteiger partial charge is 0.243 e. The fourth-order valence-electron chi connectivity index (χ4n) is 2.95. The van der Waals surface area contributed by atoms with Gasteiger partial charge in [-0.05, 0) is 41.7 Å². The Hall–Kier alpha value is -2.82. The molecule has 5 nitrogen and oxygen atoms in total. The largest absolute Gasteiger partial charge is 0.486 e. The maximum atomic E-state index is 12.1. The SMILES string of the molecule is O=C(N/N=C/c1ccc2c(c1)OCCO2)[C@H]1C[C@@H]1c1ccccc1. The summed E-state index contributed by atoms with van der Waals surface area (Å²) in [5.41, 5.74) is 4.70. The van der Waals surface area contributed by atoms with E-state index in [1.54, 1.807) is 6.21 Å². The lowest BCUT2D eigenvalue weighted by Gasteiger charge is -2.18. The molecular formula is C19H18N2O3. The first-order valence-electron chi connectivity index (χ1n) is 8.09. The predicted octanol–water partition coefficient (Wildman–Crippen LogP) is 2.71. The second-order valence-electron chi connectivity index (χ2n) is 6.00.